The van der Waals surface area contributed by atoms with Crippen molar-refractivity contribution in [2.45, 2.75) is 20.0 Å². The zero-order valence-corrected chi connectivity index (χ0v) is 16.1. The highest BCUT2D eigenvalue weighted by Gasteiger charge is 2.15. The number of benzene rings is 2. The summed E-state index contributed by atoms with van der Waals surface area (Å²) in [6, 6.07) is 14.2. The van der Waals surface area contributed by atoms with E-state index in [4.69, 9.17) is 14.2 Å². The molecule has 0 fully saturated rings. The minimum Gasteiger partial charge on any atom is -0.496 e. The average Bonchev–Trinajstić information content (AvgIpc) is 2.72. The van der Waals surface area contributed by atoms with Crippen LogP contribution in [0.15, 0.2) is 54.6 Å². The summed E-state index contributed by atoms with van der Waals surface area (Å²) in [5.74, 6) is 0.933. The van der Waals surface area contributed by atoms with Crippen LogP contribution in [0.5, 0.6) is 17.2 Å². The fourth-order valence-electron chi connectivity index (χ4n) is 2.27. The van der Waals surface area contributed by atoms with Crippen LogP contribution in [0.2, 0.25) is 0 Å². The van der Waals surface area contributed by atoms with Gasteiger partial charge in [0.05, 0.1) is 13.7 Å². The number of ether oxygens (including phenoxy) is 3. The lowest BCUT2D eigenvalue weighted by molar-refractivity contribution is -0.131. The van der Waals surface area contributed by atoms with E-state index in [0.717, 1.165) is 11.3 Å². The van der Waals surface area contributed by atoms with Crippen molar-refractivity contribution in [2.75, 3.05) is 13.7 Å². The van der Waals surface area contributed by atoms with Gasteiger partial charge in [0.15, 0.2) is 6.10 Å². The van der Waals surface area contributed by atoms with Gasteiger partial charge in [0, 0.05) is 11.6 Å². The van der Waals surface area contributed by atoms with Gasteiger partial charge >= 0.3 is 0 Å². The number of hydrazine groups is 1. The molecule has 0 heterocycles. The summed E-state index contributed by atoms with van der Waals surface area (Å²) < 4.78 is 16.1. The van der Waals surface area contributed by atoms with Gasteiger partial charge in [-0.2, -0.15) is 0 Å². The Labute approximate surface area is 164 Å². The zero-order chi connectivity index (χ0) is 20.4. The van der Waals surface area contributed by atoms with Crippen LogP contribution in [-0.4, -0.2) is 31.6 Å². The van der Waals surface area contributed by atoms with Gasteiger partial charge in [0.25, 0.3) is 11.8 Å². The lowest BCUT2D eigenvalue weighted by Gasteiger charge is -2.15. The van der Waals surface area contributed by atoms with E-state index < -0.39 is 17.9 Å². The number of hydrogen-bond donors (Lipinski definition) is 2. The Hall–Kier alpha value is -3.48. The van der Waals surface area contributed by atoms with Crippen molar-refractivity contribution in [1.82, 2.24) is 10.9 Å². The van der Waals surface area contributed by atoms with Gasteiger partial charge in [-0.05, 0) is 50.3 Å². The molecule has 0 radical (unpaired) electrons. The molecule has 2 amide bonds. The lowest BCUT2D eigenvalue weighted by atomic mass is 10.2. The van der Waals surface area contributed by atoms with Crippen LogP contribution < -0.4 is 25.1 Å². The molecular weight excluding hydrogens is 360 g/mol. The van der Waals surface area contributed by atoms with Gasteiger partial charge in [0.1, 0.15) is 17.2 Å². The summed E-state index contributed by atoms with van der Waals surface area (Å²) in [6.45, 7) is 4.06. The van der Waals surface area contributed by atoms with E-state index >= 15 is 0 Å². The fraction of sp³-hybridized carbons (Fsp3) is 0.238. The van der Waals surface area contributed by atoms with Crippen molar-refractivity contribution in [1.29, 1.82) is 0 Å². The maximum Gasteiger partial charge on any atom is 0.279 e. The van der Waals surface area contributed by atoms with Crippen LogP contribution in [0.25, 0.3) is 6.08 Å². The summed E-state index contributed by atoms with van der Waals surface area (Å²) in [4.78, 5) is 24.0. The molecule has 0 aliphatic carbocycles. The van der Waals surface area contributed by atoms with Gasteiger partial charge in [-0.25, -0.2) is 0 Å². The average molecular weight is 384 g/mol. The number of carbonyl (C=O) groups is 2. The number of para-hydroxylation sites is 1. The molecule has 2 rings (SSSR count). The minimum atomic E-state index is -0.795. The molecule has 2 aromatic carbocycles. The second-order valence-corrected chi connectivity index (χ2v) is 5.72. The molecule has 0 aliphatic rings. The maximum atomic E-state index is 12.1. The largest absolute Gasteiger partial charge is 0.496 e. The maximum absolute atomic E-state index is 12.1. The Balaban J connectivity index is 1.81. The first-order valence-corrected chi connectivity index (χ1v) is 8.84. The Bertz CT molecular complexity index is 818. The van der Waals surface area contributed by atoms with E-state index in [9.17, 15) is 9.59 Å². The quantitative estimate of drug-likeness (QED) is 0.540. The summed E-state index contributed by atoms with van der Waals surface area (Å²) in [7, 11) is 1.55. The highest BCUT2D eigenvalue weighted by Crippen LogP contribution is 2.19. The molecule has 2 N–H and O–H groups in total. The van der Waals surface area contributed by atoms with Crippen LogP contribution in [0.1, 0.15) is 19.4 Å². The second kappa shape index (κ2) is 10.6. The molecule has 28 heavy (non-hydrogen) atoms. The van der Waals surface area contributed by atoms with Crippen LogP contribution >= 0.6 is 0 Å². The minimum absolute atomic E-state index is 0.479. The first-order chi connectivity index (χ1) is 13.5. The molecule has 0 spiro atoms. The first kappa shape index (κ1) is 20.8. The van der Waals surface area contributed by atoms with Crippen molar-refractivity contribution in [3.05, 3.63) is 60.2 Å². The van der Waals surface area contributed by atoms with Gasteiger partial charge in [0.2, 0.25) is 0 Å². The Morgan fingerprint density at radius 3 is 2.39 bits per heavy atom. The predicted molar refractivity (Wildman–Crippen MR) is 106 cm³/mol. The third kappa shape index (κ3) is 6.35. The molecular formula is C21H24N2O5. The molecule has 2 aromatic rings. The van der Waals surface area contributed by atoms with E-state index in [2.05, 4.69) is 10.9 Å². The highest BCUT2D eigenvalue weighted by molar-refractivity contribution is 5.93. The van der Waals surface area contributed by atoms with Gasteiger partial charge < -0.3 is 14.2 Å². The number of methoxy groups -OCH3 is 1. The zero-order valence-electron chi connectivity index (χ0n) is 16.1. The summed E-state index contributed by atoms with van der Waals surface area (Å²) >= 11 is 0. The van der Waals surface area contributed by atoms with Crippen molar-refractivity contribution in [3.8, 4) is 17.2 Å². The summed E-state index contributed by atoms with van der Waals surface area (Å²) in [5, 5.41) is 0. The van der Waals surface area contributed by atoms with Crippen molar-refractivity contribution in [2.24, 2.45) is 0 Å². The first-order valence-electron chi connectivity index (χ1n) is 8.84. The molecule has 1 atom stereocenters. The van der Waals surface area contributed by atoms with Crippen molar-refractivity contribution < 1.29 is 23.8 Å². The van der Waals surface area contributed by atoms with E-state index in [1.54, 1.807) is 50.4 Å². The van der Waals surface area contributed by atoms with Crippen molar-refractivity contribution in [3.63, 3.8) is 0 Å². The summed E-state index contributed by atoms with van der Waals surface area (Å²) in [6.07, 6.45) is 2.10. The second-order valence-electron chi connectivity index (χ2n) is 5.72. The number of carbonyl (C=O) groups excluding carboxylic acids is 2. The Morgan fingerprint density at radius 1 is 1.04 bits per heavy atom. The molecule has 0 saturated heterocycles. The van der Waals surface area contributed by atoms with E-state index in [1.807, 2.05) is 25.1 Å². The monoisotopic (exact) mass is 384 g/mol. The lowest BCUT2D eigenvalue weighted by Crippen LogP contribution is -2.46. The number of hydrogen-bond acceptors (Lipinski definition) is 5. The topological polar surface area (TPSA) is 85.9 Å². The number of rotatable bonds is 8. The molecule has 0 aliphatic heterocycles. The Morgan fingerprint density at radius 2 is 1.71 bits per heavy atom. The molecule has 148 valence electrons. The number of amides is 2. The normalized spacial score (nSPS) is 11.5. The molecule has 0 unspecified atom stereocenters. The van der Waals surface area contributed by atoms with Gasteiger partial charge in [-0.3, -0.25) is 20.4 Å². The number of nitrogens with one attached hydrogen (secondary N) is 2. The molecule has 7 heteroatoms. The van der Waals surface area contributed by atoms with Crippen LogP contribution in [-0.2, 0) is 9.59 Å². The Kier molecular flexibility index (Phi) is 7.90. The van der Waals surface area contributed by atoms with Gasteiger partial charge in [-0.1, -0.05) is 18.2 Å². The van der Waals surface area contributed by atoms with E-state index in [-0.39, 0.29) is 0 Å². The molecule has 0 bridgehead atoms. The SMILES string of the molecule is CCOc1ccc(O[C@@H](C)C(=O)NNC(=O)/C=C/c2ccccc2OC)cc1. The van der Waals surface area contributed by atoms with Crippen LogP contribution in [0.4, 0.5) is 0 Å². The van der Waals surface area contributed by atoms with E-state index in [0.29, 0.717) is 18.1 Å². The van der Waals surface area contributed by atoms with Gasteiger partial charge in [-0.15, -0.1) is 0 Å². The third-order valence-corrected chi connectivity index (χ3v) is 3.68. The molecule has 7 nitrogen and oxygen atoms in total. The summed E-state index contributed by atoms with van der Waals surface area (Å²) in [5.41, 5.74) is 5.39. The molecule has 0 aromatic heterocycles. The predicted octanol–water partition coefficient (Wildman–Crippen LogP) is 2.72. The van der Waals surface area contributed by atoms with E-state index in [1.165, 1.54) is 6.08 Å². The molecule has 0 saturated carbocycles. The standard InChI is InChI=1S/C21H24N2O5/c1-4-27-17-10-12-18(13-11-17)28-15(2)21(25)23-22-20(24)14-9-16-7-5-6-8-19(16)26-3/h5-15H,4H2,1-3H3,(H,22,24)(H,23,25)/b14-9+/t15-/m0/s1. The fourth-order valence-corrected chi connectivity index (χ4v) is 2.27. The van der Waals surface area contributed by atoms with Crippen LogP contribution in [0, 0.1) is 0 Å². The highest BCUT2D eigenvalue weighted by atomic mass is 16.5. The van der Waals surface area contributed by atoms with Crippen molar-refractivity contribution >= 4 is 17.9 Å². The third-order valence-electron chi connectivity index (χ3n) is 3.68. The smallest absolute Gasteiger partial charge is 0.279 e. The van der Waals surface area contributed by atoms with Crippen LogP contribution in [0.3, 0.4) is 0 Å².